The average molecular weight is 371 g/mol. The molecule has 1 aliphatic rings. The zero-order valence-corrected chi connectivity index (χ0v) is 15.0. The van der Waals surface area contributed by atoms with Gasteiger partial charge >= 0.3 is 6.18 Å². The number of imidazole rings is 1. The molecule has 2 heterocycles. The molecule has 6 heteroatoms. The van der Waals surface area contributed by atoms with Gasteiger partial charge in [-0.2, -0.15) is 13.2 Å². The normalized spacial score (nSPS) is 14.5. The van der Waals surface area contributed by atoms with Crippen LogP contribution in [0.1, 0.15) is 47.0 Å². The molecule has 1 aliphatic carbocycles. The lowest BCUT2D eigenvalue weighted by Crippen LogP contribution is -2.06. The molecule has 0 aliphatic heterocycles. The summed E-state index contributed by atoms with van der Waals surface area (Å²) in [5, 5.41) is 0. The van der Waals surface area contributed by atoms with Crippen LogP contribution in [0.25, 0.3) is 11.3 Å². The van der Waals surface area contributed by atoms with Gasteiger partial charge in [-0.1, -0.05) is 12.1 Å². The summed E-state index contributed by atoms with van der Waals surface area (Å²) in [6.45, 7) is 2.05. The van der Waals surface area contributed by atoms with Crippen LogP contribution >= 0.6 is 0 Å². The maximum atomic E-state index is 12.6. The minimum absolute atomic E-state index is 0.593. The van der Waals surface area contributed by atoms with Crippen molar-refractivity contribution in [1.82, 2.24) is 15.0 Å². The SMILES string of the molecule is Cc1cc(-c2cnc(C3CC3)[nH]2)ccc1CCc1ccc(C(F)(F)F)cn1. The van der Waals surface area contributed by atoms with Crippen LogP contribution < -0.4 is 0 Å². The number of aromatic nitrogens is 3. The highest BCUT2D eigenvalue weighted by atomic mass is 19.4. The Hall–Kier alpha value is -2.63. The topological polar surface area (TPSA) is 41.6 Å². The Bertz CT molecular complexity index is 938. The van der Waals surface area contributed by atoms with Crippen molar-refractivity contribution < 1.29 is 13.2 Å². The van der Waals surface area contributed by atoms with Crippen molar-refractivity contribution in [1.29, 1.82) is 0 Å². The number of halogens is 3. The van der Waals surface area contributed by atoms with Gasteiger partial charge in [-0.25, -0.2) is 4.98 Å². The number of H-pyrrole nitrogens is 1. The van der Waals surface area contributed by atoms with Crippen molar-refractivity contribution in [2.24, 2.45) is 0 Å². The van der Waals surface area contributed by atoms with Gasteiger partial charge in [0.2, 0.25) is 0 Å². The summed E-state index contributed by atoms with van der Waals surface area (Å²) >= 11 is 0. The van der Waals surface area contributed by atoms with Crippen molar-refractivity contribution >= 4 is 0 Å². The molecule has 140 valence electrons. The van der Waals surface area contributed by atoms with E-state index in [1.54, 1.807) is 0 Å². The fourth-order valence-electron chi connectivity index (χ4n) is 3.19. The van der Waals surface area contributed by atoms with E-state index >= 15 is 0 Å². The first-order valence-corrected chi connectivity index (χ1v) is 9.07. The summed E-state index contributed by atoms with van der Waals surface area (Å²) in [5.41, 5.74) is 4.40. The maximum absolute atomic E-state index is 12.6. The van der Waals surface area contributed by atoms with E-state index in [1.165, 1.54) is 24.5 Å². The molecule has 0 atom stereocenters. The van der Waals surface area contributed by atoms with E-state index in [4.69, 9.17) is 0 Å². The smallest absolute Gasteiger partial charge is 0.342 e. The predicted molar refractivity (Wildman–Crippen MR) is 97.4 cm³/mol. The van der Waals surface area contributed by atoms with Crippen molar-refractivity contribution in [3.05, 3.63) is 70.9 Å². The number of benzene rings is 1. The summed E-state index contributed by atoms with van der Waals surface area (Å²) < 4.78 is 37.8. The molecular formula is C21H20F3N3. The first-order valence-electron chi connectivity index (χ1n) is 9.07. The van der Waals surface area contributed by atoms with Gasteiger partial charge in [0.05, 0.1) is 17.5 Å². The van der Waals surface area contributed by atoms with Crippen LogP contribution in [0.3, 0.4) is 0 Å². The molecule has 0 unspecified atom stereocenters. The number of nitrogens with zero attached hydrogens (tertiary/aromatic N) is 2. The minimum atomic E-state index is -4.34. The summed E-state index contributed by atoms with van der Waals surface area (Å²) in [6.07, 6.45) is 2.21. The Morgan fingerprint density at radius 3 is 2.48 bits per heavy atom. The van der Waals surface area contributed by atoms with Crippen LogP contribution in [-0.4, -0.2) is 15.0 Å². The van der Waals surface area contributed by atoms with Crippen molar-refractivity contribution in [2.75, 3.05) is 0 Å². The minimum Gasteiger partial charge on any atom is -0.342 e. The quantitative estimate of drug-likeness (QED) is 0.647. The summed E-state index contributed by atoms with van der Waals surface area (Å²) in [4.78, 5) is 11.8. The van der Waals surface area contributed by atoms with Crippen LogP contribution in [0.15, 0.2) is 42.7 Å². The first-order chi connectivity index (χ1) is 12.9. The number of aromatic amines is 1. The number of aryl methyl sites for hydroxylation is 3. The van der Waals surface area contributed by atoms with Gasteiger partial charge in [-0.05, 0) is 67.5 Å². The molecule has 1 N–H and O–H groups in total. The van der Waals surface area contributed by atoms with E-state index in [1.807, 2.05) is 6.20 Å². The third-order valence-electron chi connectivity index (χ3n) is 5.02. The Labute approximate surface area is 155 Å². The lowest BCUT2D eigenvalue weighted by atomic mass is 9.99. The van der Waals surface area contributed by atoms with E-state index in [0.29, 0.717) is 18.0 Å². The molecule has 3 aromatic rings. The van der Waals surface area contributed by atoms with Gasteiger partial charge in [-0.3, -0.25) is 4.98 Å². The van der Waals surface area contributed by atoms with Crippen LogP contribution in [0.5, 0.6) is 0 Å². The second-order valence-electron chi connectivity index (χ2n) is 7.13. The van der Waals surface area contributed by atoms with Crippen LogP contribution in [-0.2, 0) is 19.0 Å². The lowest BCUT2D eigenvalue weighted by molar-refractivity contribution is -0.137. The largest absolute Gasteiger partial charge is 0.417 e. The second-order valence-corrected chi connectivity index (χ2v) is 7.13. The Morgan fingerprint density at radius 1 is 1.04 bits per heavy atom. The van der Waals surface area contributed by atoms with E-state index in [9.17, 15) is 13.2 Å². The van der Waals surface area contributed by atoms with E-state index < -0.39 is 11.7 Å². The molecule has 1 saturated carbocycles. The van der Waals surface area contributed by atoms with E-state index in [-0.39, 0.29) is 0 Å². The molecule has 4 rings (SSSR count). The standard InChI is InChI=1S/C21H20F3N3/c1-13-10-16(19-12-26-20(27-19)15-3-4-15)5-2-14(13)6-8-18-9-7-17(11-25-18)21(22,23)24/h2,5,7,9-12,15H,3-4,6,8H2,1H3,(H,26,27). The Morgan fingerprint density at radius 2 is 1.85 bits per heavy atom. The fraction of sp³-hybridized carbons (Fsp3) is 0.333. The zero-order chi connectivity index (χ0) is 19.0. The number of nitrogens with one attached hydrogen (secondary N) is 1. The van der Waals surface area contributed by atoms with Crippen molar-refractivity contribution in [3.8, 4) is 11.3 Å². The molecule has 1 aromatic carbocycles. The highest BCUT2D eigenvalue weighted by molar-refractivity contribution is 5.60. The molecule has 0 amide bonds. The monoisotopic (exact) mass is 371 g/mol. The highest BCUT2D eigenvalue weighted by Gasteiger charge is 2.30. The maximum Gasteiger partial charge on any atom is 0.417 e. The molecule has 1 fully saturated rings. The lowest BCUT2D eigenvalue weighted by Gasteiger charge is -2.09. The van der Waals surface area contributed by atoms with Gasteiger partial charge in [0.1, 0.15) is 5.82 Å². The van der Waals surface area contributed by atoms with Crippen LogP contribution in [0.2, 0.25) is 0 Å². The highest BCUT2D eigenvalue weighted by Crippen LogP contribution is 2.39. The molecule has 0 radical (unpaired) electrons. The number of hydrogen-bond acceptors (Lipinski definition) is 2. The first kappa shape index (κ1) is 17.8. The summed E-state index contributed by atoms with van der Waals surface area (Å²) in [7, 11) is 0. The number of pyridine rings is 1. The fourth-order valence-corrected chi connectivity index (χ4v) is 3.19. The Kier molecular flexibility index (Phi) is 4.50. The Balaban J connectivity index is 1.43. The van der Waals surface area contributed by atoms with Gasteiger partial charge in [0, 0.05) is 17.8 Å². The third-order valence-corrected chi connectivity index (χ3v) is 5.02. The second kappa shape index (κ2) is 6.83. The summed E-state index contributed by atoms with van der Waals surface area (Å²) in [6, 6.07) is 8.81. The molecule has 2 aromatic heterocycles. The molecule has 0 spiro atoms. The number of rotatable bonds is 5. The average Bonchev–Trinajstić information content (AvgIpc) is 3.37. The number of alkyl halides is 3. The van der Waals surface area contributed by atoms with Crippen molar-refractivity contribution in [2.45, 2.75) is 44.7 Å². The zero-order valence-electron chi connectivity index (χ0n) is 15.0. The van der Waals surface area contributed by atoms with Gasteiger partial charge in [-0.15, -0.1) is 0 Å². The van der Waals surface area contributed by atoms with Gasteiger partial charge in [0.15, 0.2) is 0 Å². The van der Waals surface area contributed by atoms with Gasteiger partial charge < -0.3 is 4.98 Å². The molecular weight excluding hydrogens is 351 g/mol. The number of hydrogen-bond donors (Lipinski definition) is 1. The summed E-state index contributed by atoms with van der Waals surface area (Å²) in [5.74, 6) is 1.66. The van der Waals surface area contributed by atoms with Crippen LogP contribution in [0, 0.1) is 6.92 Å². The van der Waals surface area contributed by atoms with Crippen LogP contribution in [0.4, 0.5) is 13.2 Å². The predicted octanol–water partition coefficient (Wildman–Crippen LogP) is 5.46. The van der Waals surface area contributed by atoms with E-state index in [2.05, 4.69) is 40.1 Å². The molecule has 0 saturated heterocycles. The molecule has 3 nitrogen and oxygen atoms in total. The van der Waals surface area contributed by atoms with Gasteiger partial charge in [0.25, 0.3) is 0 Å². The molecule has 27 heavy (non-hydrogen) atoms. The third kappa shape index (κ3) is 4.04. The van der Waals surface area contributed by atoms with E-state index in [0.717, 1.165) is 41.3 Å². The van der Waals surface area contributed by atoms with Crippen molar-refractivity contribution in [3.63, 3.8) is 0 Å². The molecule has 0 bridgehead atoms.